The summed E-state index contributed by atoms with van der Waals surface area (Å²) in [7, 11) is 3.07. The standard InChI is InChI=1S/C13H17F2N3O3S/c1-20-8-6-17(7-9-21-2)18-11-5-3-4-10(14)12(11)16-13(18)22(15)19/h3-5H,6-9H2,1-2H3. The molecule has 0 aliphatic heterocycles. The molecule has 2 rings (SSSR count). The molecule has 22 heavy (non-hydrogen) atoms. The molecule has 1 heterocycles. The summed E-state index contributed by atoms with van der Waals surface area (Å²) in [6.07, 6.45) is 0. The van der Waals surface area contributed by atoms with Crippen molar-refractivity contribution in [3.05, 3.63) is 24.0 Å². The molecule has 0 amide bonds. The van der Waals surface area contributed by atoms with Crippen molar-refractivity contribution in [1.82, 2.24) is 9.66 Å². The zero-order valence-corrected chi connectivity index (χ0v) is 13.1. The van der Waals surface area contributed by atoms with Gasteiger partial charge < -0.3 is 19.0 Å². The summed E-state index contributed by atoms with van der Waals surface area (Å²) in [4.78, 5) is 3.84. The quantitative estimate of drug-likeness (QED) is 0.683. The van der Waals surface area contributed by atoms with Crippen LogP contribution >= 0.6 is 0 Å². The van der Waals surface area contributed by atoms with Crippen LogP contribution in [0.15, 0.2) is 23.4 Å². The Bertz CT molecular complexity index is 616. The first-order valence-electron chi connectivity index (χ1n) is 6.58. The van der Waals surface area contributed by atoms with Gasteiger partial charge in [0.2, 0.25) is 0 Å². The van der Waals surface area contributed by atoms with Gasteiger partial charge in [-0.15, -0.1) is 0 Å². The normalized spacial score (nSPS) is 12.8. The minimum Gasteiger partial charge on any atom is -0.573 e. The molecule has 0 aliphatic carbocycles. The number of fused-ring (bicyclic) bond motifs is 1. The molecule has 0 bridgehead atoms. The highest BCUT2D eigenvalue weighted by Gasteiger charge is 2.28. The van der Waals surface area contributed by atoms with Gasteiger partial charge in [0, 0.05) is 18.1 Å². The molecule has 2 aromatic rings. The molecule has 9 heteroatoms. The second kappa shape index (κ2) is 7.73. The van der Waals surface area contributed by atoms with Crippen molar-refractivity contribution in [2.45, 2.75) is 5.16 Å². The van der Waals surface area contributed by atoms with Crippen molar-refractivity contribution in [3.63, 3.8) is 0 Å². The largest absolute Gasteiger partial charge is 0.573 e. The molecule has 1 atom stereocenters. The molecule has 6 nitrogen and oxygen atoms in total. The number of imidazole rings is 1. The van der Waals surface area contributed by atoms with Gasteiger partial charge in [0.1, 0.15) is 5.52 Å². The summed E-state index contributed by atoms with van der Waals surface area (Å²) in [5.74, 6) is -0.596. The van der Waals surface area contributed by atoms with Crippen LogP contribution in [0.2, 0.25) is 0 Å². The van der Waals surface area contributed by atoms with Crippen LogP contribution in [-0.2, 0) is 21.0 Å². The van der Waals surface area contributed by atoms with Crippen LogP contribution in [0.4, 0.5) is 8.28 Å². The van der Waals surface area contributed by atoms with Gasteiger partial charge >= 0.3 is 5.16 Å². The molecule has 0 radical (unpaired) electrons. The number of ether oxygens (including phenoxy) is 2. The minimum absolute atomic E-state index is 0.0247. The third-order valence-corrected chi connectivity index (χ3v) is 3.67. The van der Waals surface area contributed by atoms with Gasteiger partial charge in [-0.05, 0) is 12.1 Å². The van der Waals surface area contributed by atoms with E-state index in [0.717, 1.165) is 0 Å². The maximum Gasteiger partial charge on any atom is 0.385 e. The summed E-state index contributed by atoms with van der Waals surface area (Å²) in [5, 5.41) is 1.31. The Morgan fingerprint density at radius 1 is 1.27 bits per heavy atom. The first kappa shape index (κ1) is 16.9. The van der Waals surface area contributed by atoms with Crippen LogP contribution in [0, 0.1) is 5.82 Å². The number of rotatable bonds is 8. The highest BCUT2D eigenvalue weighted by atomic mass is 32.3. The number of hydrogen-bond donors (Lipinski definition) is 0. The van der Waals surface area contributed by atoms with Crippen molar-refractivity contribution in [1.29, 1.82) is 0 Å². The van der Waals surface area contributed by atoms with Crippen molar-refractivity contribution in [2.75, 3.05) is 45.5 Å². The fourth-order valence-electron chi connectivity index (χ4n) is 2.11. The molecule has 122 valence electrons. The maximum absolute atomic E-state index is 13.8. The lowest BCUT2D eigenvalue weighted by atomic mass is 10.3. The van der Waals surface area contributed by atoms with Crippen molar-refractivity contribution in [2.24, 2.45) is 0 Å². The van der Waals surface area contributed by atoms with Crippen LogP contribution in [0.5, 0.6) is 0 Å². The Hall–Kier alpha value is -1.42. The summed E-state index contributed by atoms with van der Waals surface area (Å²) in [6.45, 7) is 1.48. The fraction of sp³-hybridized carbons (Fsp3) is 0.462. The smallest absolute Gasteiger partial charge is 0.385 e. The lowest BCUT2D eigenvalue weighted by Crippen LogP contribution is -2.41. The van der Waals surface area contributed by atoms with E-state index >= 15 is 0 Å². The van der Waals surface area contributed by atoms with Gasteiger partial charge in [0.15, 0.2) is 5.82 Å². The average Bonchev–Trinajstić information content (AvgIpc) is 2.89. The Morgan fingerprint density at radius 3 is 2.45 bits per heavy atom. The number of aromatic nitrogens is 2. The first-order chi connectivity index (χ1) is 10.6. The van der Waals surface area contributed by atoms with Crippen molar-refractivity contribution in [3.8, 4) is 0 Å². The van der Waals surface area contributed by atoms with Gasteiger partial charge in [-0.1, -0.05) is 6.07 Å². The van der Waals surface area contributed by atoms with Crippen LogP contribution in [0.3, 0.4) is 0 Å². The van der Waals surface area contributed by atoms with E-state index in [0.29, 0.717) is 31.8 Å². The van der Waals surface area contributed by atoms with E-state index in [1.54, 1.807) is 11.1 Å². The van der Waals surface area contributed by atoms with Crippen LogP contribution in [0.1, 0.15) is 0 Å². The molecule has 0 fully saturated rings. The third kappa shape index (κ3) is 3.49. The van der Waals surface area contributed by atoms with Gasteiger partial charge in [-0.3, -0.25) is 0 Å². The highest BCUT2D eigenvalue weighted by Crippen LogP contribution is 2.23. The molecule has 1 aromatic heterocycles. The number of methoxy groups -OCH3 is 2. The monoisotopic (exact) mass is 333 g/mol. The van der Waals surface area contributed by atoms with Gasteiger partial charge in [-0.2, -0.15) is 9.66 Å². The first-order valence-corrected chi connectivity index (χ1v) is 7.63. The zero-order valence-electron chi connectivity index (χ0n) is 12.3. The summed E-state index contributed by atoms with van der Waals surface area (Å²) >= 11 is -2.85. The Morgan fingerprint density at radius 2 is 1.91 bits per heavy atom. The molecular formula is C13H17F2N3O3S. The second-order valence-electron chi connectivity index (χ2n) is 4.48. The van der Waals surface area contributed by atoms with E-state index < -0.39 is 17.4 Å². The van der Waals surface area contributed by atoms with E-state index in [1.165, 1.54) is 31.0 Å². The zero-order chi connectivity index (χ0) is 16.1. The maximum atomic E-state index is 13.8. The molecule has 1 unspecified atom stereocenters. The van der Waals surface area contributed by atoms with Gasteiger partial charge in [0.05, 0.1) is 31.8 Å². The third-order valence-electron chi connectivity index (χ3n) is 3.12. The second-order valence-corrected chi connectivity index (χ2v) is 5.29. The number of nitrogens with zero attached hydrogens (tertiary/aromatic N) is 3. The summed E-state index contributed by atoms with van der Waals surface area (Å²) < 4.78 is 50.0. The van der Waals surface area contributed by atoms with Gasteiger partial charge in [-0.25, -0.2) is 4.39 Å². The number of para-hydroxylation sites is 1. The average molecular weight is 333 g/mol. The van der Waals surface area contributed by atoms with Crippen LogP contribution in [0.25, 0.3) is 11.0 Å². The number of halogens is 2. The van der Waals surface area contributed by atoms with E-state index in [2.05, 4.69) is 4.98 Å². The SMILES string of the molecule is COCCN(CCOC)n1c([S+]([O-])F)nc2c(F)cccc21. The van der Waals surface area contributed by atoms with Crippen LogP contribution in [-0.4, -0.2) is 54.7 Å². The van der Waals surface area contributed by atoms with Crippen molar-refractivity contribution >= 4 is 22.6 Å². The van der Waals surface area contributed by atoms with E-state index in [9.17, 15) is 12.8 Å². The van der Waals surface area contributed by atoms with E-state index in [4.69, 9.17) is 9.47 Å². The molecule has 0 N–H and O–H groups in total. The molecule has 0 aliphatic rings. The fourth-order valence-corrected chi connectivity index (χ4v) is 2.63. The topological polar surface area (TPSA) is 62.6 Å². The molecule has 0 saturated heterocycles. The highest BCUT2D eigenvalue weighted by molar-refractivity contribution is 7.86. The Kier molecular flexibility index (Phi) is 5.95. The van der Waals surface area contributed by atoms with Crippen LogP contribution < -0.4 is 5.01 Å². The lowest BCUT2D eigenvalue weighted by molar-refractivity contribution is 0.180. The van der Waals surface area contributed by atoms with Crippen molar-refractivity contribution < 1.29 is 22.3 Å². The number of benzene rings is 1. The molecule has 0 saturated carbocycles. The molecular weight excluding hydrogens is 316 g/mol. The minimum atomic E-state index is -2.85. The molecule has 1 aromatic carbocycles. The number of hydrogen-bond acceptors (Lipinski definition) is 5. The summed E-state index contributed by atoms with van der Waals surface area (Å²) in [5.41, 5.74) is 0.316. The summed E-state index contributed by atoms with van der Waals surface area (Å²) in [6, 6.07) is 4.30. The Labute approximate surface area is 130 Å². The predicted octanol–water partition coefficient (Wildman–Crippen LogP) is 1.40. The van der Waals surface area contributed by atoms with E-state index in [-0.39, 0.29) is 10.7 Å². The Balaban J connectivity index is 2.52. The lowest BCUT2D eigenvalue weighted by Gasteiger charge is -2.25. The predicted molar refractivity (Wildman–Crippen MR) is 78.9 cm³/mol. The van der Waals surface area contributed by atoms with E-state index in [1.807, 2.05) is 0 Å². The van der Waals surface area contributed by atoms with Gasteiger partial charge in [0.25, 0.3) is 11.6 Å². The molecule has 0 spiro atoms.